The molecule has 1 aromatic heterocycles. The Labute approximate surface area is 130 Å². The highest BCUT2D eigenvalue weighted by Gasteiger charge is 2.28. The van der Waals surface area contributed by atoms with Crippen molar-refractivity contribution in [2.24, 2.45) is 0 Å². The monoisotopic (exact) mass is 314 g/mol. The maximum absolute atomic E-state index is 11.9. The molecule has 0 spiro atoms. The van der Waals surface area contributed by atoms with Gasteiger partial charge in [-0.25, -0.2) is 4.79 Å². The predicted molar refractivity (Wildman–Crippen MR) is 86.7 cm³/mol. The summed E-state index contributed by atoms with van der Waals surface area (Å²) in [5.74, 6) is 2.30. The van der Waals surface area contributed by atoms with Crippen molar-refractivity contribution in [2.75, 3.05) is 18.6 Å². The summed E-state index contributed by atoms with van der Waals surface area (Å²) in [6.07, 6.45) is 2.89. The fraction of sp³-hybridized carbons (Fsp3) is 0.667. The molecule has 0 aliphatic rings. The molecule has 0 fully saturated rings. The van der Waals surface area contributed by atoms with Crippen molar-refractivity contribution in [1.29, 1.82) is 0 Å². The molecule has 5 nitrogen and oxygen atoms in total. The van der Waals surface area contributed by atoms with Crippen LogP contribution in [0.15, 0.2) is 10.5 Å². The molecule has 0 aliphatic carbocycles. The second-order valence-corrected chi connectivity index (χ2v) is 6.40. The van der Waals surface area contributed by atoms with Crippen LogP contribution in [-0.2, 0) is 5.60 Å². The van der Waals surface area contributed by atoms with E-state index in [1.165, 1.54) is 0 Å². The number of urea groups is 1. The van der Waals surface area contributed by atoms with Crippen LogP contribution in [0.2, 0.25) is 0 Å². The van der Waals surface area contributed by atoms with Gasteiger partial charge in [0.05, 0.1) is 6.54 Å². The van der Waals surface area contributed by atoms with Gasteiger partial charge in [-0.1, -0.05) is 6.92 Å². The highest BCUT2D eigenvalue weighted by molar-refractivity contribution is 7.98. The Morgan fingerprint density at radius 3 is 2.67 bits per heavy atom. The number of hydrogen-bond acceptors (Lipinski definition) is 4. The minimum absolute atomic E-state index is 0.133. The van der Waals surface area contributed by atoms with E-state index in [1.54, 1.807) is 24.8 Å². The molecule has 6 heteroatoms. The second-order valence-electron chi connectivity index (χ2n) is 5.49. The van der Waals surface area contributed by atoms with Gasteiger partial charge in [0, 0.05) is 17.4 Å². The fourth-order valence-corrected chi connectivity index (χ4v) is 2.93. The molecular formula is C15H26N2O3S. The van der Waals surface area contributed by atoms with Gasteiger partial charge in [-0.3, -0.25) is 0 Å². The summed E-state index contributed by atoms with van der Waals surface area (Å²) in [6.45, 7) is 7.48. The van der Waals surface area contributed by atoms with Crippen LogP contribution in [0.25, 0.3) is 0 Å². The summed E-state index contributed by atoms with van der Waals surface area (Å²) in [5, 5.41) is 16.2. The molecule has 0 bridgehead atoms. The minimum atomic E-state index is -1.15. The average molecular weight is 314 g/mol. The van der Waals surface area contributed by atoms with Crippen LogP contribution in [0.3, 0.4) is 0 Å². The zero-order chi connectivity index (χ0) is 16.0. The van der Waals surface area contributed by atoms with Crippen molar-refractivity contribution in [1.82, 2.24) is 10.6 Å². The Balaban J connectivity index is 2.57. The summed E-state index contributed by atoms with van der Waals surface area (Å²) >= 11 is 1.70. The molecule has 120 valence electrons. The van der Waals surface area contributed by atoms with E-state index >= 15 is 0 Å². The molecule has 1 aromatic rings. The number of amides is 2. The first kappa shape index (κ1) is 17.9. The van der Waals surface area contributed by atoms with Gasteiger partial charge in [-0.15, -0.1) is 0 Å². The van der Waals surface area contributed by atoms with Crippen LogP contribution in [0.4, 0.5) is 4.79 Å². The molecular weight excluding hydrogens is 288 g/mol. The van der Waals surface area contributed by atoms with Gasteiger partial charge in [-0.2, -0.15) is 11.8 Å². The lowest BCUT2D eigenvalue weighted by molar-refractivity contribution is 0.0578. The lowest BCUT2D eigenvalue weighted by atomic mass is 9.96. The lowest BCUT2D eigenvalue weighted by Crippen LogP contribution is -2.47. The Bertz CT molecular complexity index is 471. The first-order chi connectivity index (χ1) is 9.80. The number of aliphatic hydroxyl groups is 1. The lowest BCUT2D eigenvalue weighted by Gasteiger charge is -2.24. The van der Waals surface area contributed by atoms with Crippen LogP contribution >= 0.6 is 11.8 Å². The average Bonchev–Trinajstić information content (AvgIpc) is 2.76. The summed E-state index contributed by atoms with van der Waals surface area (Å²) in [5.41, 5.74) is -0.447. The van der Waals surface area contributed by atoms with Gasteiger partial charge < -0.3 is 20.2 Å². The van der Waals surface area contributed by atoms with Gasteiger partial charge in [0.2, 0.25) is 0 Å². The summed E-state index contributed by atoms with van der Waals surface area (Å²) < 4.78 is 5.43. The van der Waals surface area contributed by atoms with E-state index < -0.39 is 5.60 Å². The largest absolute Gasteiger partial charge is 0.466 e. The third-order valence-corrected chi connectivity index (χ3v) is 4.15. The first-order valence-electron chi connectivity index (χ1n) is 7.13. The molecule has 2 unspecified atom stereocenters. The molecule has 1 heterocycles. The normalized spacial score (nSPS) is 15.3. The number of nitrogens with one attached hydrogen (secondary N) is 2. The first-order valence-corrected chi connectivity index (χ1v) is 8.52. The number of furan rings is 1. The highest BCUT2D eigenvalue weighted by Crippen LogP contribution is 2.26. The number of hydrogen-bond donors (Lipinski definition) is 3. The Morgan fingerprint density at radius 1 is 1.52 bits per heavy atom. The van der Waals surface area contributed by atoms with E-state index in [4.69, 9.17) is 4.42 Å². The van der Waals surface area contributed by atoms with Crippen LogP contribution in [-0.4, -0.2) is 35.7 Å². The molecule has 0 saturated heterocycles. The molecule has 1 rings (SSSR count). The van der Waals surface area contributed by atoms with Crippen LogP contribution < -0.4 is 10.6 Å². The summed E-state index contributed by atoms with van der Waals surface area (Å²) in [7, 11) is 0. The van der Waals surface area contributed by atoms with E-state index in [2.05, 4.69) is 10.6 Å². The van der Waals surface area contributed by atoms with E-state index in [1.807, 2.05) is 27.0 Å². The van der Waals surface area contributed by atoms with Crippen molar-refractivity contribution in [2.45, 2.75) is 45.8 Å². The molecule has 2 atom stereocenters. The van der Waals surface area contributed by atoms with Gasteiger partial charge in [0.1, 0.15) is 17.1 Å². The summed E-state index contributed by atoms with van der Waals surface area (Å²) in [6, 6.07) is 1.69. The quantitative estimate of drug-likeness (QED) is 0.723. The molecule has 0 aromatic carbocycles. The van der Waals surface area contributed by atoms with E-state index in [9.17, 15) is 9.90 Å². The zero-order valence-electron chi connectivity index (χ0n) is 13.4. The molecule has 0 radical (unpaired) electrons. The molecule has 2 amide bonds. The zero-order valence-corrected chi connectivity index (χ0v) is 14.3. The molecule has 0 aliphatic heterocycles. The summed E-state index contributed by atoms with van der Waals surface area (Å²) in [4.78, 5) is 11.9. The highest BCUT2D eigenvalue weighted by atomic mass is 32.2. The molecule has 21 heavy (non-hydrogen) atoms. The predicted octanol–water partition coefficient (Wildman–Crippen LogP) is 2.54. The van der Waals surface area contributed by atoms with Crippen molar-refractivity contribution < 1.29 is 14.3 Å². The standard InChI is InChI=1S/C15H26N2O3S/c1-6-12(8-21-5)17-14(18)16-9-15(4,19)13-7-10(2)20-11(13)3/h7,12,19H,6,8-9H2,1-5H3,(H2,16,17,18). The van der Waals surface area contributed by atoms with Crippen LogP contribution in [0, 0.1) is 13.8 Å². The molecule has 0 saturated carbocycles. The van der Waals surface area contributed by atoms with Crippen LogP contribution in [0.1, 0.15) is 37.4 Å². The third-order valence-electron chi connectivity index (χ3n) is 3.41. The van der Waals surface area contributed by atoms with Gasteiger partial charge in [0.25, 0.3) is 0 Å². The second kappa shape index (κ2) is 7.75. The van der Waals surface area contributed by atoms with E-state index in [0.717, 1.165) is 17.9 Å². The Kier molecular flexibility index (Phi) is 6.61. The van der Waals surface area contributed by atoms with E-state index in [-0.39, 0.29) is 18.6 Å². The number of aryl methyl sites for hydroxylation is 2. The number of thioether (sulfide) groups is 1. The SMILES string of the molecule is CCC(CSC)NC(=O)NCC(C)(O)c1cc(C)oc1C. The maximum atomic E-state index is 11.9. The number of rotatable bonds is 7. The maximum Gasteiger partial charge on any atom is 0.315 e. The van der Waals surface area contributed by atoms with Crippen molar-refractivity contribution in [3.8, 4) is 0 Å². The molecule has 3 N–H and O–H groups in total. The number of carbonyl (C=O) groups is 1. The van der Waals surface area contributed by atoms with Gasteiger partial charge >= 0.3 is 6.03 Å². The topological polar surface area (TPSA) is 74.5 Å². The van der Waals surface area contributed by atoms with Gasteiger partial charge in [-0.05, 0) is 39.5 Å². The number of carbonyl (C=O) groups excluding carboxylic acids is 1. The van der Waals surface area contributed by atoms with Crippen LogP contribution in [0.5, 0.6) is 0 Å². The fourth-order valence-electron chi connectivity index (χ4n) is 2.21. The van der Waals surface area contributed by atoms with Crippen molar-refractivity contribution >= 4 is 17.8 Å². The van der Waals surface area contributed by atoms with E-state index in [0.29, 0.717) is 11.3 Å². The minimum Gasteiger partial charge on any atom is -0.466 e. The van der Waals surface area contributed by atoms with Crippen molar-refractivity contribution in [3.63, 3.8) is 0 Å². The smallest absolute Gasteiger partial charge is 0.315 e. The van der Waals surface area contributed by atoms with Gasteiger partial charge in [0.15, 0.2) is 0 Å². The van der Waals surface area contributed by atoms with Crippen molar-refractivity contribution in [3.05, 3.63) is 23.2 Å². The third kappa shape index (κ3) is 5.28. The Morgan fingerprint density at radius 2 is 2.19 bits per heavy atom. The Hall–Kier alpha value is -1.14.